The Morgan fingerprint density at radius 3 is 2.77 bits per heavy atom. The molecule has 3 heteroatoms. The Bertz CT molecular complexity index is 374. The summed E-state index contributed by atoms with van der Waals surface area (Å²) in [6, 6.07) is 6.25. The number of carbonyl (C=O) groups is 1. The summed E-state index contributed by atoms with van der Waals surface area (Å²) in [4.78, 5) is 10.6. The number of carboxylic acids is 1. The van der Waals surface area contributed by atoms with Gasteiger partial charge in [-0.3, -0.25) is 0 Å². The number of hydrogen-bond donors (Lipinski definition) is 1. The van der Waals surface area contributed by atoms with E-state index in [0.29, 0.717) is 5.56 Å². The Balaban J connectivity index is 3.12. The van der Waals surface area contributed by atoms with Gasteiger partial charge in [0.1, 0.15) is 0 Å². The molecule has 0 spiro atoms. The fourth-order valence-corrected chi connectivity index (χ4v) is 0.907. The molecular weight excluding hydrogens is 171 g/mol. The van der Waals surface area contributed by atoms with E-state index in [2.05, 4.69) is 11.8 Å². The van der Waals surface area contributed by atoms with Crippen LogP contribution >= 0.6 is 0 Å². The van der Waals surface area contributed by atoms with Crippen LogP contribution in [0.4, 0.5) is 4.39 Å². The number of benzene rings is 1. The molecule has 1 aromatic carbocycles. The summed E-state index contributed by atoms with van der Waals surface area (Å²) in [6.07, 6.45) is 0. The topological polar surface area (TPSA) is 37.3 Å². The molecule has 2 nitrogen and oxygen atoms in total. The van der Waals surface area contributed by atoms with Crippen LogP contribution in [-0.2, 0) is 0 Å². The van der Waals surface area contributed by atoms with Crippen molar-refractivity contribution in [2.75, 3.05) is 6.67 Å². The fourth-order valence-electron chi connectivity index (χ4n) is 0.907. The minimum Gasteiger partial charge on any atom is -0.478 e. The summed E-state index contributed by atoms with van der Waals surface area (Å²) < 4.78 is 11.7. The van der Waals surface area contributed by atoms with E-state index in [4.69, 9.17) is 5.11 Å². The second-order valence-corrected chi connectivity index (χ2v) is 2.29. The summed E-state index contributed by atoms with van der Waals surface area (Å²) in [6.45, 7) is -0.770. The van der Waals surface area contributed by atoms with Gasteiger partial charge in [-0.25, -0.2) is 9.18 Å². The average molecular weight is 178 g/mol. The van der Waals surface area contributed by atoms with Crippen molar-refractivity contribution in [2.45, 2.75) is 0 Å². The van der Waals surface area contributed by atoms with Crippen molar-refractivity contribution in [1.29, 1.82) is 0 Å². The predicted octanol–water partition coefficient (Wildman–Crippen LogP) is 1.71. The van der Waals surface area contributed by atoms with Gasteiger partial charge in [0.15, 0.2) is 6.67 Å². The number of rotatable bonds is 1. The normalized spacial score (nSPS) is 8.69. The zero-order valence-corrected chi connectivity index (χ0v) is 6.75. The molecule has 0 aliphatic rings. The maximum Gasteiger partial charge on any atom is 0.336 e. The van der Waals surface area contributed by atoms with Crippen molar-refractivity contribution >= 4 is 5.97 Å². The van der Waals surface area contributed by atoms with E-state index in [1.54, 1.807) is 18.2 Å². The average Bonchev–Trinajstić information content (AvgIpc) is 2.15. The van der Waals surface area contributed by atoms with Gasteiger partial charge in [-0.05, 0) is 12.1 Å². The Morgan fingerprint density at radius 2 is 2.15 bits per heavy atom. The van der Waals surface area contributed by atoms with Gasteiger partial charge in [-0.1, -0.05) is 24.0 Å². The van der Waals surface area contributed by atoms with Crippen LogP contribution in [0, 0.1) is 11.8 Å². The third-order valence-corrected chi connectivity index (χ3v) is 1.45. The van der Waals surface area contributed by atoms with Gasteiger partial charge < -0.3 is 5.11 Å². The maximum absolute atomic E-state index is 11.7. The minimum atomic E-state index is -1.05. The maximum atomic E-state index is 11.7. The number of halogens is 1. The summed E-state index contributed by atoms with van der Waals surface area (Å²) >= 11 is 0. The van der Waals surface area contributed by atoms with Gasteiger partial charge in [0.05, 0.1) is 5.56 Å². The van der Waals surface area contributed by atoms with Crippen molar-refractivity contribution in [1.82, 2.24) is 0 Å². The van der Waals surface area contributed by atoms with Gasteiger partial charge >= 0.3 is 5.97 Å². The lowest BCUT2D eigenvalue weighted by molar-refractivity contribution is 0.0696. The van der Waals surface area contributed by atoms with Crippen molar-refractivity contribution < 1.29 is 14.3 Å². The van der Waals surface area contributed by atoms with Crippen LogP contribution in [-0.4, -0.2) is 17.8 Å². The molecule has 0 aliphatic carbocycles. The quantitative estimate of drug-likeness (QED) is 0.664. The van der Waals surface area contributed by atoms with E-state index in [1.807, 2.05) is 0 Å². The van der Waals surface area contributed by atoms with E-state index in [0.717, 1.165) is 0 Å². The number of aromatic carboxylic acids is 1. The molecule has 66 valence electrons. The Labute approximate surface area is 75.0 Å². The van der Waals surface area contributed by atoms with Gasteiger partial charge in [0, 0.05) is 5.56 Å². The first-order valence-electron chi connectivity index (χ1n) is 3.63. The summed E-state index contributed by atoms with van der Waals surface area (Å²) in [5.41, 5.74) is 0.441. The summed E-state index contributed by atoms with van der Waals surface area (Å²) in [5, 5.41) is 8.70. The molecule has 0 bridgehead atoms. The highest BCUT2D eigenvalue weighted by Gasteiger charge is 2.05. The molecule has 0 radical (unpaired) electrons. The lowest BCUT2D eigenvalue weighted by Gasteiger charge is -1.96. The molecule has 0 aromatic heterocycles. The van der Waals surface area contributed by atoms with Crippen LogP contribution in [0.5, 0.6) is 0 Å². The molecule has 0 unspecified atom stereocenters. The second kappa shape index (κ2) is 4.27. The molecule has 13 heavy (non-hydrogen) atoms. The van der Waals surface area contributed by atoms with Crippen molar-refractivity contribution in [3.63, 3.8) is 0 Å². The number of carboxylic acid groups (broad SMARTS) is 1. The fraction of sp³-hybridized carbons (Fsp3) is 0.100. The molecule has 1 N–H and O–H groups in total. The number of alkyl halides is 1. The summed E-state index contributed by atoms with van der Waals surface area (Å²) in [7, 11) is 0. The van der Waals surface area contributed by atoms with Gasteiger partial charge in [0.25, 0.3) is 0 Å². The standard InChI is InChI=1S/C10H7FO2/c11-7-3-5-8-4-1-2-6-9(8)10(12)13/h1-2,4,6H,7H2,(H,12,13). The highest BCUT2D eigenvalue weighted by Crippen LogP contribution is 2.06. The zero-order chi connectivity index (χ0) is 9.68. The van der Waals surface area contributed by atoms with Crippen molar-refractivity contribution in [3.8, 4) is 11.8 Å². The second-order valence-electron chi connectivity index (χ2n) is 2.29. The highest BCUT2D eigenvalue weighted by atomic mass is 19.1. The Morgan fingerprint density at radius 1 is 1.46 bits per heavy atom. The monoisotopic (exact) mass is 178 g/mol. The SMILES string of the molecule is O=C(O)c1ccccc1C#CCF. The minimum absolute atomic E-state index is 0.100. The van der Waals surface area contributed by atoms with Gasteiger partial charge in [0.2, 0.25) is 0 Å². The molecule has 0 saturated carbocycles. The molecule has 0 saturated heterocycles. The molecule has 0 heterocycles. The highest BCUT2D eigenvalue weighted by molar-refractivity contribution is 5.90. The molecule has 0 amide bonds. The first-order chi connectivity index (χ1) is 6.25. The Kier molecular flexibility index (Phi) is 3.04. The largest absolute Gasteiger partial charge is 0.478 e. The van der Waals surface area contributed by atoms with E-state index >= 15 is 0 Å². The molecule has 0 aliphatic heterocycles. The first kappa shape index (κ1) is 9.27. The predicted molar refractivity (Wildman–Crippen MR) is 46.3 cm³/mol. The summed E-state index contributed by atoms with van der Waals surface area (Å²) in [5.74, 6) is 3.57. The first-order valence-corrected chi connectivity index (χ1v) is 3.63. The van der Waals surface area contributed by atoms with Crippen LogP contribution in [0.15, 0.2) is 24.3 Å². The zero-order valence-electron chi connectivity index (χ0n) is 6.75. The van der Waals surface area contributed by atoms with E-state index < -0.39 is 12.6 Å². The van der Waals surface area contributed by atoms with Crippen molar-refractivity contribution in [2.24, 2.45) is 0 Å². The lowest BCUT2D eigenvalue weighted by atomic mass is 10.1. The molecular formula is C10H7FO2. The van der Waals surface area contributed by atoms with Gasteiger partial charge in [-0.15, -0.1) is 0 Å². The third-order valence-electron chi connectivity index (χ3n) is 1.45. The third kappa shape index (κ3) is 2.31. The Hall–Kier alpha value is -1.82. The van der Waals surface area contributed by atoms with E-state index in [-0.39, 0.29) is 5.56 Å². The molecule has 1 aromatic rings. The molecule has 1 rings (SSSR count). The number of hydrogen-bond acceptors (Lipinski definition) is 1. The molecule has 0 atom stereocenters. The van der Waals surface area contributed by atoms with Gasteiger partial charge in [-0.2, -0.15) is 0 Å². The van der Waals surface area contributed by atoms with Crippen LogP contribution in [0.3, 0.4) is 0 Å². The van der Waals surface area contributed by atoms with Crippen LogP contribution < -0.4 is 0 Å². The smallest absolute Gasteiger partial charge is 0.336 e. The van der Waals surface area contributed by atoms with E-state index in [1.165, 1.54) is 6.07 Å². The molecule has 0 fully saturated rings. The van der Waals surface area contributed by atoms with Crippen LogP contribution in [0.2, 0.25) is 0 Å². The van der Waals surface area contributed by atoms with Crippen LogP contribution in [0.25, 0.3) is 0 Å². The van der Waals surface area contributed by atoms with Crippen LogP contribution in [0.1, 0.15) is 15.9 Å². The van der Waals surface area contributed by atoms with Crippen molar-refractivity contribution in [3.05, 3.63) is 35.4 Å². The lowest BCUT2D eigenvalue weighted by Crippen LogP contribution is -1.99. The van der Waals surface area contributed by atoms with E-state index in [9.17, 15) is 9.18 Å².